The van der Waals surface area contributed by atoms with Gasteiger partial charge in [-0.1, -0.05) is 0 Å². The molecule has 1 aromatic heterocycles. The van der Waals surface area contributed by atoms with E-state index in [0.29, 0.717) is 12.2 Å². The van der Waals surface area contributed by atoms with Crippen molar-refractivity contribution in [1.29, 1.82) is 0 Å². The average molecular weight is 161 g/mol. The molecule has 0 aromatic carbocycles. The summed E-state index contributed by atoms with van der Waals surface area (Å²) < 4.78 is 0. The molecule has 0 saturated heterocycles. The quantitative estimate of drug-likeness (QED) is 0.655. The van der Waals surface area contributed by atoms with Crippen molar-refractivity contribution in [2.24, 2.45) is 5.73 Å². The molecule has 1 heterocycles. The Labute approximate surface area is 72.0 Å². The maximum atomic E-state index is 5.75. The van der Waals surface area contributed by atoms with Crippen LogP contribution in [0.15, 0.2) is 18.5 Å². The summed E-state index contributed by atoms with van der Waals surface area (Å²) in [4.78, 5) is 8.06. The monoisotopic (exact) mass is 161 g/mol. The second kappa shape index (κ2) is 4.47. The van der Waals surface area contributed by atoms with Crippen LogP contribution >= 0.6 is 0 Å². The standard InChI is InChI=1S/C9H11N3/c1-2-3-5-8(10)9-11-6-4-7-12-9/h4,6-8H,5,10H2,1H3. The predicted octanol–water partition coefficient (Wildman–Crippen LogP) is 0.890. The third-order valence-corrected chi connectivity index (χ3v) is 1.42. The molecule has 1 aromatic rings. The third-order valence-electron chi connectivity index (χ3n) is 1.42. The first kappa shape index (κ1) is 8.69. The van der Waals surface area contributed by atoms with Crippen molar-refractivity contribution in [2.45, 2.75) is 19.4 Å². The minimum atomic E-state index is -0.168. The van der Waals surface area contributed by atoms with Gasteiger partial charge in [0.25, 0.3) is 0 Å². The highest BCUT2D eigenvalue weighted by Gasteiger charge is 2.04. The molecular weight excluding hydrogens is 150 g/mol. The fraction of sp³-hybridized carbons (Fsp3) is 0.333. The summed E-state index contributed by atoms with van der Waals surface area (Å²) in [6.45, 7) is 1.79. The van der Waals surface area contributed by atoms with Crippen LogP contribution in [0, 0.1) is 11.8 Å². The Morgan fingerprint density at radius 1 is 1.50 bits per heavy atom. The summed E-state index contributed by atoms with van der Waals surface area (Å²) >= 11 is 0. The van der Waals surface area contributed by atoms with E-state index >= 15 is 0 Å². The Morgan fingerprint density at radius 2 is 2.17 bits per heavy atom. The number of hydrogen-bond donors (Lipinski definition) is 1. The Hall–Kier alpha value is -1.40. The molecular formula is C9H11N3. The van der Waals surface area contributed by atoms with E-state index < -0.39 is 0 Å². The topological polar surface area (TPSA) is 51.8 Å². The molecule has 3 heteroatoms. The lowest BCUT2D eigenvalue weighted by molar-refractivity contribution is 0.691. The highest BCUT2D eigenvalue weighted by atomic mass is 14.9. The van der Waals surface area contributed by atoms with Gasteiger partial charge in [-0.3, -0.25) is 0 Å². The van der Waals surface area contributed by atoms with E-state index in [-0.39, 0.29) is 6.04 Å². The normalized spacial score (nSPS) is 11.5. The van der Waals surface area contributed by atoms with Crippen molar-refractivity contribution in [3.8, 4) is 11.8 Å². The number of aromatic nitrogens is 2. The first-order valence-corrected chi connectivity index (χ1v) is 3.76. The lowest BCUT2D eigenvalue weighted by Gasteiger charge is -2.03. The molecule has 2 N–H and O–H groups in total. The van der Waals surface area contributed by atoms with E-state index in [9.17, 15) is 0 Å². The van der Waals surface area contributed by atoms with E-state index in [4.69, 9.17) is 5.73 Å². The molecule has 0 fully saturated rings. The van der Waals surface area contributed by atoms with Crippen molar-refractivity contribution >= 4 is 0 Å². The second-order valence-electron chi connectivity index (χ2n) is 2.34. The molecule has 0 aliphatic heterocycles. The van der Waals surface area contributed by atoms with Crippen LogP contribution < -0.4 is 5.73 Å². The largest absolute Gasteiger partial charge is 0.321 e. The molecule has 0 aliphatic rings. The van der Waals surface area contributed by atoms with Crippen LogP contribution in [0.2, 0.25) is 0 Å². The molecule has 0 spiro atoms. The van der Waals surface area contributed by atoms with Crippen LogP contribution in [0.5, 0.6) is 0 Å². The van der Waals surface area contributed by atoms with Gasteiger partial charge in [0.15, 0.2) is 0 Å². The highest BCUT2D eigenvalue weighted by molar-refractivity contribution is 5.03. The number of hydrogen-bond acceptors (Lipinski definition) is 3. The molecule has 0 aliphatic carbocycles. The molecule has 1 rings (SSSR count). The Balaban J connectivity index is 2.63. The minimum Gasteiger partial charge on any atom is -0.321 e. The van der Waals surface area contributed by atoms with Crippen molar-refractivity contribution in [3.63, 3.8) is 0 Å². The van der Waals surface area contributed by atoms with Crippen LogP contribution in [0.4, 0.5) is 0 Å². The van der Waals surface area contributed by atoms with Gasteiger partial charge >= 0.3 is 0 Å². The van der Waals surface area contributed by atoms with Gasteiger partial charge < -0.3 is 5.73 Å². The predicted molar refractivity (Wildman–Crippen MR) is 47.0 cm³/mol. The van der Waals surface area contributed by atoms with E-state index in [1.165, 1.54) is 0 Å². The number of nitrogens with two attached hydrogens (primary N) is 1. The molecule has 0 bridgehead atoms. The highest BCUT2D eigenvalue weighted by Crippen LogP contribution is 2.05. The van der Waals surface area contributed by atoms with E-state index in [2.05, 4.69) is 21.8 Å². The fourth-order valence-electron chi connectivity index (χ4n) is 0.805. The Kier molecular flexibility index (Phi) is 3.24. The summed E-state index contributed by atoms with van der Waals surface area (Å²) in [5, 5.41) is 0. The molecule has 12 heavy (non-hydrogen) atoms. The van der Waals surface area contributed by atoms with Crippen LogP contribution in [-0.4, -0.2) is 9.97 Å². The van der Waals surface area contributed by atoms with Crippen molar-refractivity contribution < 1.29 is 0 Å². The van der Waals surface area contributed by atoms with Crippen molar-refractivity contribution in [1.82, 2.24) is 9.97 Å². The molecule has 1 atom stereocenters. The van der Waals surface area contributed by atoms with Crippen LogP contribution in [0.3, 0.4) is 0 Å². The summed E-state index contributed by atoms with van der Waals surface area (Å²) in [5.74, 6) is 6.33. The number of rotatable bonds is 2. The van der Waals surface area contributed by atoms with Gasteiger partial charge in [-0.25, -0.2) is 9.97 Å². The maximum Gasteiger partial charge on any atom is 0.145 e. The van der Waals surface area contributed by atoms with Crippen LogP contribution in [0.25, 0.3) is 0 Å². The maximum absolute atomic E-state index is 5.75. The molecule has 0 amide bonds. The third kappa shape index (κ3) is 2.33. The zero-order chi connectivity index (χ0) is 8.81. The Morgan fingerprint density at radius 3 is 2.75 bits per heavy atom. The van der Waals surface area contributed by atoms with Gasteiger partial charge in [0.1, 0.15) is 5.82 Å². The minimum absolute atomic E-state index is 0.168. The second-order valence-corrected chi connectivity index (χ2v) is 2.34. The molecule has 0 saturated carbocycles. The molecule has 1 unspecified atom stereocenters. The first-order chi connectivity index (χ1) is 5.84. The molecule has 62 valence electrons. The van der Waals surface area contributed by atoms with E-state index in [0.717, 1.165) is 0 Å². The fourth-order valence-corrected chi connectivity index (χ4v) is 0.805. The zero-order valence-electron chi connectivity index (χ0n) is 6.99. The SMILES string of the molecule is CC#CCC(N)c1ncccn1. The van der Waals surface area contributed by atoms with Gasteiger partial charge in [0, 0.05) is 18.8 Å². The van der Waals surface area contributed by atoms with Crippen molar-refractivity contribution in [2.75, 3.05) is 0 Å². The number of nitrogens with zero attached hydrogens (tertiary/aromatic N) is 2. The summed E-state index contributed by atoms with van der Waals surface area (Å²) in [6.07, 6.45) is 3.98. The Bertz CT molecular complexity index is 284. The van der Waals surface area contributed by atoms with Crippen LogP contribution in [-0.2, 0) is 0 Å². The van der Waals surface area contributed by atoms with Gasteiger partial charge in [-0.2, -0.15) is 0 Å². The molecule has 3 nitrogen and oxygen atoms in total. The lowest BCUT2D eigenvalue weighted by Crippen LogP contribution is -2.12. The van der Waals surface area contributed by atoms with Crippen molar-refractivity contribution in [3.05, 3.63) is 24.3 Å². The van der Waals surface area contributed by atoms with Gasteiger partial charge in [-0.15, -0.1) is 11.8 Å². The summed E-state index contributed by atoms with van der Waals surface area (Å²) in [6, 6.07) is 1.60. The van der Waals surface area contributed by atoms with Gasteiger partial charge in [0.2, 0.25) is 0 Å². The lowest BCUT2D eigenvalue weighted by atomic mass is 10.2. The summed E-state index contributed by atoms with van der Waals surface area (Å²) in [5.41, 5.74) is 5.75. The zero-order valence-corrected chi connectivity index (χ0v) is 6.99. The van der Waals surface area contributed by atoms with E-state index in [1.807, 2.05) is 0 Å². The average Bonchev–Trinajstić information content (AvgIpc) is 2.15. The van der Waals surface area contributed by atoms with Crippen LogP contribution in [0.1, 0.15) is 25.2 Å². The van der Waals surface area contributed by atoms with Gasteiger partial charge in [0.05, 0.1) is 6.04 Å². The first-order valence-electron chi connectivity index (χ1n) is 3.76. The molecule has 0 radical (unpaired) electrons. The summed E-state index contributed by atoms with van der Waals surface area (Å²) in [7, 11) is 0. The van der Waals surface area contributed by atoms with Gasteiger partial charge in [-0.05, 0) is 13.0 Å². The smallest absolute Gasteiger partial charge is 0.145 e. The van der Waals surface area contributed by atoms with E-state index in [1.54, 1.807) is 25.4 Å².